The van der Waals surface area contributed by atoms with Crippen molar-refractivity contribution in [3.05, 3.63) is 66.0 Å². The van der Waals surface area contributed by atoms with Gasteiger partial charge >= 0.3 is 0 Å². The third-order valence-electron chi connectivity index (χ3n) is 4.20. The van der Waals surface area contributed by atoms with E-state index in [-0.39, 0.29) is 30.1 Å². The molecule has 0 spiro atoms. The third-order valence-corrected chi connectivity index (χ3v) is 4.20. The molecule has 112 valence electrons. The molecule has 0 unspecified atom stereocenters. The molecular formula is C18H16FNO2. The summed E-state index contributed by atoms with van der Waals surface area (Å²) in [4.78, 5) is 26.0. The lowest BCUT2D eigenvalue weighted by atomic mass is 9.86. The molecule has 0 radical (unpaired) electrons. The topological polar surface area (TPSA) is 37.4 Å². The average Bonchev–Trinajstić information content (AvgIpc) is 2.83. The van der Waals surface area contributed by atoms with Gasteiger partial charge in [0.25, 0.3) is 0 Å². The van der Waals surface area contributed by atoms with Crippen LogP contribution in [0.5, 0.6) is 0 Å². The first-order valence-corrected chi connectivity index (χ1v) is 7.25. The molecule has 0 bridgehead atoms. The Bertz CT molecular complexity index is 697. The summed E-state index contributed by atoms with van der Waals surface area (Å²) in [6.07, 6.45) is 0.187. The second kappa shape index (κ2) is 5.72. The second-order valence-electron chi connectivity index (χ2n) is 5.55. The van der Waals surface area contributed by atoms with Gasteiger partial charge in [-0.1, -0.05) is 37.3 Å². The molecule has 0 N–H and O–H groups in total. The van der Waals surface area contributed by atoms with Crippen LogP contribution in [0.3, 0.4) is 0 Å². The fourth-order valence-electron chi connectivity index (χ4n) is 2.90. The highest BCUT2D eigenvalue weighted by Crippen LogP contribution is 2.35. The Morgan fingerprint density at radius 3 is 2.32 bits per heavy atom. The van der Waals surface area contributed by atoms with Crippen molar-refractivity contribution >= 4 is 17.5 Å². The Kier molecular flexibility index (Phi) is 3.75. The Balaban J connectivity index is 1.87. The zero-order valence-corrected chi connectivity index (χ0v) is 12.2. The van der Waals surface area contributed by atoms with E-state index < -0.39 is 5.82 Å². The van der Waals surface area contributed by atoms with Gasteiger partial charge in [-0.05, 0) is 35.7 Å². The summed E-state index contributed by atoms with van der Waals surface area (Å²) < 4.78 is 13.0. The van der Waals surface area contributed by atoms with Crippen LogP contribution in [-0.2, 0) is 9.59 Å². The van der Waals surface area contributed by atoms with E-state index in [2.05, 4.69) is 0 Å². The van der Waals surface area contributed by atoms with Gasteiger partial charge in [0.05, 0.1) is 11.6 Å². The summed E-state index contributed by atoms with van der Waals surface area (Å²) in [5, 5.41) is 0. The van der Waals surface area contributed by atoms with E-state index in [1.54, 1.807) is 0 Å². The molecule has 1 fully saturated rings. The van der Waals surface area contributed by atoms with Crippen molar-refractivity contribution in [2.45, 2.75) is 19.3 Å². The van der Waals surface area contributed by atoms with Gasteiger partial charge in [-0.2, -0.15) is 0 Å². The molecule has 3 nitrogen and oxygen atoms in total. The molecule has 4 heteroatoms. The molecule has 1 heterocycles. The largest absolute Gasteiger partial charge is 0.274 e. The van der Waals surface area contributed by atoms with Crippen molar-refractivity contribution in [3.63, 3.8) is 0 Å². The summed E-state index contributed by atoms with van der Waals surface area (Å²) in [5.74, 6) is -1.25. The molecule has 3 rings (SSSR count). The van der Waals surface area contributed by atoms with E-state index >= 15 is 0 Å². The Labute approximate surface area is 128 Å². The van der Waals surface area contributed by atoms with Crippen molar-refractivity contribution in [2.75, 3.05) is 4.90 Å². The first kappa shape index (κ1) is 14.4. The highest BCUT2D eigenvalue weighted by molar-refractivity contribution is 6.21. The zero-order chi connectivity index (χ0) is 15.7. The number of carbonyl (C=O) groups is 2. The lowest BCUT2D eigenvalue weighted by molar-refractivity contribution is -0.122. The van der Waals surface area contributed by atoms with Crippen molar-refractivity contribution in [3.8, 4) is 0 Å². The number of anilines is 1. The third kappa shape index (κ3) is 2.52. The van der Waals surface area contributed by atoms with Crippen LogP contribution in [-0.4, -0.2) is 11.8 Å². The van der Waals surface area contributed by atoms with E-state index in [0.29, 0.717) is 5.69 Å². The Morgan fingerprint density at radius 1 is 1.05 bits per heavy atom. The number of hydrogen-bond donors (Lipinski definition) is 0. The first-order valence-electron chi connectivity index (χ1n) is 7.25. The molecule has 2 aromatic carbocycles. The molecule has 0 saturated carbocycles. The van der Waals surface area contributed by atoms with Crippen LogP contribution < -0.4 is 4.90 Å². The van der Waals surface area contributed by atoms with Crippen LogP contribution in [0.15, 0.2) is 54.6 Å². The molecule has 2 aromatic rings. The van der Waals surface area contributed by atoms with Crippen molar-refractivity contribution in [1.29, 1.82) is 0 Å². The minimum Gasteiger partial charge on any atom is -0.274 e. The maximum Gasteiger partial charge on any atom is 0.237 e. The molecule has 1 saturated heterocycles. The van der Waals surface area contributed by atoms with Gasteiger partial charge in [-0.25, -0.2) is 4.39 Å². The molecule has 2 atom stereocenters. The molecule has 1 aliphatic rings. The number of carbonyl (C=O) groups excluding carboxylic acids is 2. The zero-order valence-electron chi connectivity index (χ0n) is 12.2. The number of nitrogens with zero attached hydrogens (tertiary/aromatic N) is 1. The van der Waals surface area contributed by atoms with E-state index in [1.165, 1.54) is 29.2 Å². The van der Waals surface area contributed by atoms with E-state index in [0.717, 1.165) is 5.56 Å². The predicted molar refractivity (Wildman–Crippen MR) is 81.9 cm³/mol. The van der Waals surface area contributed by atoms with Gasteiger partial charge in [0.2, 0.25) is 11.8 Å². The maximum absolute atomic E-state index is 13.0. The van der Waals surface area contributed by atoms with Crippen LogP contribution >= 0.6 is 0 Å². The highest BCUT2D eigenvalue weighted by Gasteiger charge is 2.42. The summed E-state index contributed by atoms with van der Waals surface area (Å²) in [7, 11) is 0. The smallest absolute Gasteiger partial charge is 0.237 e. The molecule has 2 amide bonds. The molecular weight excluding hydrogens is 281 g/mol. The number of halogens is 1. The van der Waals surface area contributed by atoms with E-state index in [4.69, 9.17) is 0 Å². The van der Waals surface area contributed by atoms with Gasteiger partial charge in [-0.15, -0.1) is 0 Å². The average molecular weight is 297 g/mol. The van der Waals surface area contributed by atoms with E-state index in [1.807, 2.05) is 37.3 Å². The van der Waals surface area contributed by atoms with E-state index in [9.17, 15) is 14.0 Å². The van der Waals surface area contributed by atoms with Gasteiger partial charge in [0.1, 0.15) is 5.82 Å². The molecule has 0 aromatic heterocycles. The summed E-state index contributed by atoms with van der Waals surface area (Å²) in [6.45, 7) is 1.96. The standard InChI is InChI=1S/C18H16FNO2/c1-12(13-5-3-2-4-6-13)16-11-17(21)20(18(16)22)15-9-7-14(19)8-10-15/h2-10,12,16H,11H2,1H3/t12-,16+/m1/s1. The van der Waals surface area contributed by atoms with Crippen molar-refractivity contribution in [1.82, 2.24) is 0 Å². The Hall–Kier alpha value is -2.49. The first-order chi connectivity index (χ1) is 10.6. The fourth-order valence-corrected chi connectivity index (χ4v) is 2.90. The summed E-state index contributed by atoms with van der Waals surface area (Å²) >= 11 is 0. The lowest BCUT2D eigenvalue weighted by Gasteiger charge is -2.19. The van der Waals surface area contributed by atoms with Gasteiger partial charge in [0, 0.05) is 6.42 Å². The second-order valence-corrected chi connectivity index (χ2v) is 5.55. The number of hydrogen-bond acceptors (Lipinski definition) is 2. The summed E-state index contributed by atoms with van der Waals surface area (Å²) in [5.41, 5.74) is 1.47. The minimum atomic E-state index is -0.392. The van der Waals surface area contributed by atoms with Crippen LogP contribution in [0.1, 0.15) is 24.8 Å². The number of benzene rings is 2. The molecule has 0 aliphatic carbocycles. The Morgan fingerprint density at radius 2 is 1.68 bits per heavy atom. The predicted octanol–water partition coefficient (Wildman–Crippen LogP) is 3.51. The van der Waals surface area contributed by atoms with Gasteiger partial charge < -0.3 is 0 Å². The van der Waals surface area contributed by atoms with Gasteiger partial charge in [0.15, 0.2) is 0 Å². The number of imide groups is 1. The fraction of sp³-hybridized carbons (Fsp3) is 0.222. The molecule has 1 aliphatic heterocycles. The maximum atomic E-state index is 13.0. The normalized spacial score (nSPS) is 19.5. The van der Waals surface area contributed by atoms with Crippen LogP contribution in [0, 0.1) is 11.7 Å². The van der Waals surface area contributed by atoms with Crippen LogP contribution in [0.4, 0.5) is 10.1 Å². The SMILES string of the molecule is C[C@H](c1ccccc1)[C@@H]1CC(=O)N(c2ccc(F)cc2)C1=O. The minimum absolute atomic E-state index is 0.0388. The molecule has 22 heavy (non-hydrogen) atoms. The van der Waals surface area contributed by atoms with Crippen molar-refractivity contribution < 1.29 is 14.0 Å². The van der Waals surface area contributed by atoms with Crippen molar-refractivity contribution in [2.24, 2.45) is 5.92 Å². The van der Waals surface area contributed by atoms with Crippen LogP contribution in [0.25, 0.3) is 0 Å². The van der Waals surface area contributed by atoms with Gasteiger partial charge in [-0.3, -0.25) is 14.5 Å². The number of rotatable bonds is 3. The summed E-state index contributed by atoms with van der Waals surface area (Å²) in [6, 6.07) is 15.1. The highest BCUT2D eigenvalue weighted by atomic mass is 19.1. The number of amides is 2. The monoisotopic (exact) mass is 297 g/mol. The van der Waals surface area contributed by atoms with Crippen LogP contribution in [0.2, 0.25) is 0 Å². The lowest BCUT2D eigenvalue weighted by Crippen LogP contribution is -2.31. The quantitative estimate of drug-likeness (QED) is 0.813.